The first kappa shape index (κ1) is 14.6. The molecule has 0 fully saturated rings. The molecule has 0 radical (unpaired) electrons. The highest BCUT2D eigenvalue weighted by Crippen LogP contribution is 2.10. The van der Waals surface area contributed by atoms with Crippen LogP contribution in [0.4, 0.5) is 8.78 Å². The average Bonchev–Trinajstić information content (AvgIpc) is 2.32. The standard InChI is InChI=1S/C13H17F2NO2/c1-16(5-3-2-4-6-17)13(18)10-7-11(14)9-12(15)8-10/h7-9,17H,2-6H2,1H3. The lowest BCUT2D eigenvalue weighted by Gasteiger charge is -2.17. The van der Waals surface area contributed by atoms with Gasteiger partial charge in [-0.05, 0) is 31.4 Å². The first-order valence-corrected chi connectivity index (χ1v) is 5.87. The molecule has 100 valence electrons. The number of nitrogens with zero attached hydrogens (tertiary/aromatic N) is 1. The Hall–Kier alpha value is -1.49. The second-order valence-corrected chi connectivity index (χ2v) is 4.17. The Morgan fingerprint density at radius 3 is 2.33 bits per heavy atom. The summed E-state index contributed by atoms with van der Waals surface area (Å²) in [5, 5.41) is 8.62. The van der Waals surface area contributed by atoms with Gasteiger partial charge in [-0.2, -0.15) is 0 Å². The lowest BCUT2D eigenvalue weighted by molar-refractivity contribution is 0.0791. The maximum Gasteiger partial charge on any atom is 0.253 e. The van der Waals surface area contributed by atoms with Crippen LogP contribution in [0.25, 0.3) is 0 Å². The molecule has 0 spiro atoms. The molecule has 18 heavy (non-hydrogen) atoms. The van der Waals surface area contributed by atoms with Crippen LogP contribution in [0.3, 0.4) is 0 Å². The number of aliphatic hydroxyl groups excluding tert-OH is 1. The zero-order valence-corrected chi connectivity index (χ0v) is 10.3. The van der Waals surface area contributed by atoms with Gasteiger partial charge in [-0.1, -0.05) is 0 Å². The van der Waals surface area contributed by atoms with E-state index < -0.39 is 17.5 Å². The Labute approximate surface area is 105 Å². The predicted octanol–water partition coefficient (Wildman–Crippen LogP) is 2.20. The number of benzene rings is 1. The van der Waals surface area contributed by atoms with E-state index in [9.17, 15) is 13.6 Å². The molecule has 1 aromatic carbocycles. The van der Waals surface area contributed by atoms with Gasteiger partial charge in [0.05, 0.1) is 0 Å². The van der Waals surface area contributed by atoms with Gasteiger partial charge in [0.1, 0.15) is 11.6 Å². The van der Waals surface area contributed by atoms with Crippen molar-refractivity contribution in [3.63, 3.8) is 0 Å². The lowest BCUT2D eigenvalue weighted by Crippen LogP contribution is -2.28. The summed E-state index contributed by atoms with van der Waals surface area (Å²) < 4.78 is 25.9. The zero-order valence-electron chi connectivity index (χ0n) is 10.3. The van der Waals surface area contributed by atoms with Crippen LogP contribution in [-0.2, 0) is 0 Å². The summed E-state index contributed by atoms with van der Waals surface area (Å²) in [6.07, 6.45) is 2.25. The normalized spacial score (nSPS) is 10.4. The quantitative estimate of drug-likeness (QED) is 0.794. The highest BCUT2D eigenvalue weighted by atomic mass is 19.1. The smallest absolute Gasteiger partial charge is 0.253 e. The van der Waals surface area contributed by atoms with Gasteiger partial charge < -0.3 is 10.0 Å². The summed E-state index contributed by atoms with van der Waals surface area (Å²) in [5.41, 5.74) is 0.0113. The fourth-order valence-electron chi connectivity index (χ4n) is 1.64. The van der Waals surface area contributed by atoms with Crippen molar-refractivity contribution in [1.82, 2.24) is 4.90 Å². The number of unbranched alkanes of at least 4 members (excludes halogenated alkanes) is 2. The Morgan fingerprint density at radius 2 is 1.78 bits per heavy atom. The van der Waals surface area contributed by atoms with Crippen molar-refractivity contribution in [1.29, 1.82) is 0 Å². The van der Waals surface area contributed by atoms with Crippen LogP contribution in [-0.4, -0.2) is 36.1 Å². The molecule has 0 saturated carbocycles. The Morgan fingerprint density at radius 1 is 1.17 bits per heavy atom. The number of rotatable bonds is 6. The van der Waals surface area contributed by atoms with Crippen molar-refractivity contribution >= 4 is 5.91 Å². The van der Waals surface area contributed by atoms with Gasteiger partial charge in [0.2, 0.25) is 0 Å². The first-order chi connectivity index (χ1) is 8.54. The number of hydrogen-bond acceptors (Lipinski definition) is 2. The minimum atomic E-state index is -0.757. The van der Waals surface area contributed by atoms with Gasteiger partial charge in [0, 0.05) is 31.8 Å². The van der Waals surface area contributed by atoms with E-state index in [1.165, 1.54) is 4.90 Å². The van der Waals surface area contributed by atoms with E-state index >= 15 is 0 Å². The van der Waals surface area contributed by atoms with E-state index in [-0.39, 0.29) is 12.2 Å². The van der Waals surface area contributed by atoms with Crippen LogP contribution in [0.2, 0.25) is 0 Å². The molecule has 1 aromatic rings. The van der Waals surface area contributed by atoms with Crippen molar-refractivity contribution < 1.29 is 18.7 Å². The minimum Gasteiger partial charge on any atom is -0.396 e. The largest absolute Gasteiger partial charge is 0.396 e. The van der Waals surface area contributed by atoms with Crippen LogP contribution in [0.1, 0.15) is 29.6 Å². The Bertz CT molecular complexity index is 390. The van der Waals surface area contributed by atoms with Gasteiger partial charge in [0.25, 0.3) is 5.91 Å². The molecule has 1 rings (SSSR count). The number of carbonyl (C=O) groups is 1. The number of aliphatic hydroxyl groups is 1. The number of amides is 1. The highest BCUT2D eigenvalue weighted by Gasteiger charge is 2.13. The molecule has 0 saturated heterocycles. The summed E-state index contributed by atoms with van der Waals surface area (Å²) in [5.74, 6) is -1.92. The molecule has 0 aliphatic heterocycles. The predicted molar refractivity (Wildman–Crippen MR) is 64.3 cm³/mol. The van der Waals surface area contributed by atoms with Crippen LogP contribution in [0.15, 0.2) is 18.2 Å². The number of carbonyl (C=O) groups excluding carboxylic acids is 1. The fraction of sp³-hybridized carbons (Fsp3) is 0.462. The summed E-state index contributed by atoms with van der Waals surface area (Å²) in [4.78, 5) is 13.3. The monoisotopic (exact) mass is 257 g/mol. The van der Waals surface area contributed by atoms with Gasteiger partial charge in [-0.15, -0.1) is 0 Å². The molecule has 3 nitrogen and oxygen atoms in total. The van der Waals surface area contributed by atoms with E-state index in [0.717, 1.165) is 31.0 Å². The fourth-order valence-corrected chi connectivity index (χ4v) is 1.64. The highest BCUT2D eigenvalue weighted by molar-refractivity contribution is 5.94. The number of halogens is 2. The van der Waals surface area contributed by atoms with Crippen LogP contribution in [0.5, 0.6) is 0 Å². The molecule has 0 unspecified atom stereocenters. The van der Waals surface area contributed by atoms with E-state index in [2.05, 4.69) is 0 Å². The maximum atomic E-state index is 13.0. The summed E-state index contributed by atoms with van der Waals surface area (Å²) in [6, 6.07) is 2.78. The molecule has 0 aromatic heterocycles. The van der Waals surface area contributed by atoms with Gasteiger partial charge >= 0.3 is 0 Å². The summed E-state index contributed by atoms with van der Waals surface area (Å²) in [7, 11) is 1.59. The van der Waals surface area contributed by atoms with Gasteiger partial charge in [-0.25, -0.2) is 8.78 Å². The molecular formula is C13H17F2NO2. The van der Waals surface area contributed by atoms with Gasteiger partial charge in [0.15, 0.2) is 0 Å². The second kappa shape index (κ2) is 7.06. The molecule has 0 bridgehead atoms. The molecule has 0 aliphatic carbocycles. The minimum absolute atomic E-state index is 0.0113. The van der Waals surface area contributed by atoms with Crippen molar-refractivity contribution in [2.45, 2.75) is 19.3 Å². The zero-order chi connectivity index (χ0) is 13.5. The third-order valence-electron chi connectivity index (χ3n) is 2.61. The van der Waals surface area contributed by atoms with Crippen molar-refractivity contribution in [3.8, 4) is 0 Å². The molecule has 0 heterocycles. The Balaban J connectivity index is 2.57. The van der Waals surface area contributed by atoms with E-state index in [1.807, 2.05) is 0 Å². The van der Waals surface area contributed by atoms with Crippen LogP contribution in [0, 0.1) is 11.6 Å². The topological polar surface area (TPSA) is 40.5 Å². The summed E-state index contributed by atoms with van der Waals surface area (Å²) in [6.45, 7) is 0.629. The molecule has 1 N–H and O–H groups in total. The van der Waals surface area contributed by atoms with Gasteiger partial charge in [-0.3, -0.25) is 4.79 Å². The van der Waals surface area contributed by atoms with E-state index in [0.29, 0.717) is 13.0 Å². The molecular weight excluding hydrogens is 240 g/mol. The SMILES string of the molecule is CN(CCCCCO)C(=O)c1cc(F)cc(F)c1. The van der Waals surface area contributed by atoms with E-state index in [4.69, 9.17) is 5.11 Å². The average molecular weight is 257 g/mol. The molecule has 5 heteroatoms. The van der Waals surface area contributed by atoms with Crippen molar-refractivity contribution in [2.24, 2.45) is 0 Å². The second-order valence-electron chi connectivity index (χ2n) is 4.17. The summed E-state index contributed by atoms with van der Waals surface area (Å²) >= 11 is 0. The van der Waals surface area contributed by atoms with Crippen molar-refractivity contribution in [3.05, 3.63) is 35.4 Å². The lowest BCUT2D eigenvalue weighted by atomic mass is 10.1. The first-order valence-electron chi connectivity index (χ1n) is 5.87. The number of hydrogen-bond donors (Lipinski definition) is 1. The van der Waals surface area contributed by atoms with Crippen LogP contribution < -0.4 is 0 Å². The maximum absolute atomic E-state index is 13.0. The Kier molecular flexibility index (Phi) is 5.71. The van der Waals surface area contributed by atoms with E-state index in [1.54, 1.807) is 7.05 Å². The third-order valence-corrected chi connectivity index (χ3v) is 2.61. The van der Waals surface area contributed by atoms with Crippen molar-refractivity contribution in [2.75, 3.05) is 20.2 Å². The molecule has 0 atom stereocenters. The van der Waals surface area contributed by atoms with Crippen LogP contribution >= 0.6 is 0 Å². The molecule has 0 aliphatic rings. The third kappa shape index (κ3) is 4.41. The molecule has 1 amide bonds.